The van der Waals surface area contributed by atoms with Crippen molar-refractivity contribution >= 4 is 23.3 Å². The van der Waals surface area contributed by atoms with Gasteiger partial charge in [-0.3, -0.25) is 0 Å². The third-order valence-electron chi connectivity index (χ3n) is 4.73. The van der Waals surface area contributed by atoms with Gasteiger partial charge >= 0.3 is 5.97 Å². The molecule has 0 amide bonds. The van der Waals surface area contributed by atoms with Crippen molar-refractivity contribution in [2.45, 2.75) is 13.5 Å². The molecule has 0 spiro atoms. The average molecular weight is 422 g/mol. The molecule has 3 rings (SSSR count). The summed E-state index contributed by atoms with van der Waals surface area (Å²) in [5, 5.41) is 0.704. The van der Waals surface area contributed by atoms with Crippen LogP contribution in [0.4, 0.5) is 5.69 Å². The predicted octanol–water partition coefficient (Wildman–Crippen LogP) is 6.03. The molecule has 0 heterocycles. The molecule has 5 heteroatoms. The molecular formula is C25H24ClNO3. The van der Waals surface area contributed by atoms with Crippen LogP contribution in [0.3, 0.4) is 0 Å². The van der Waals surface area contributed by atoms with Crippen molar-refractivity contribution in [2.75, 3.05) is 18.6 Å². The molecule has 0 radical (unpaired) electrons. The number of methoxy groups -OCH3 is 1. The number of esters is 1. The summed E-state index contributed by atoms with van der Waals surface area (Å²) < 4.78 is 10.7. The van der Waals surface area contributed by atoms with Gasteiger partial charge in [-0.05, 0) is 48.4 Å². The minimum absolute atomic E-state index is 0.253. The molecule has 4 nitrogen and oxygen atoms in total. The number of nitrogens with zero attached hydrogens (tertiary/aromatic N) is 1. The lowest BCUT2D eigenvalue weighted by Gasteiger charge is -2.29. The van der Waals surface area contributed by atoms with Crippen LogP contribution >= 0.6 is 11.6 Å². The highest BCUT2D eigenvalue weighted by molar-refractivity contribution is 6.31. The molecule has 30 heavy (non-hydrogen) atoms. The van der Waals surface area contributed by atoms with E-state index >= 15 is 0 Å². The van der Waals surface area contributed by atoms with Crippen LogP contribution in [0, 0.1) is 6.92 Å². The summed E-state index contributed by atoms with van der Waals surface area (Å²) in [5.74, 6) is 0.168. The Balaban J connectivity index is 1.81. The molecule has 0 saturated carbocycles. The summed E-state index contributed by atoms with van der Waals surface area (Å²) in [6.45, 7) is 7.13. The van der Waals surface area contributed by atoms with Gasteiger partial charge in [-0.15, -0.1) is 0 Å². The second-order valence-corrected chi connectivity index (χ2v) is 7.25. The Morgan fingerprint density at radius 1 is 1.03 bits per heavy atom. The molecule has 0 aliphatic carbocycles. The highest BCUT2D eigenvalue weighted by Crippen LogP contribution is 2.28. The maximum atomic E-state index is 11.8. The fourth-order valence-electron chi connectivity index (χ4n) is 3.11. The molecule has 0 bridgehead atoms. The third-order valence-corrected chi connectivity index (χ3v) is 5.10. The van der Waals surface area contributed by atoms with Gasteiger partial charge in [0.05, 0.1) is 12.7 Å². The molecule has 0 aromatic heterocycles. The summed E-state index contributed by atoms with van der Waals surface area (Å²) in [6, 6.07) is 22.8. The number of aryl methyl sites for hydroxylation is 1. The largest absolute Gasteiger partial charge is 0.487 e. The van der Waals surface area contributed by atoms with Crippen LogP contribution in [0.1, 0.15) is 21.5 Å². The van der Waals surface area contributed by atoms with E-state index in [9.17, 15) is 4.79 Å². The van der Waals surface area contributed by atoms with E-state index in [2.05, 4.69) is 30.5 Å². The Morgan fingerprint density at radius 2 is 1.77 bits per heavy atom. The zero-order chi connectivity index (χ0) is 21.5. The minimum Gasteiger partial charge on any atom is -0.487 e. The second kappa shape index (κ2) is 9.99. The molecule has 0 aliphatic rings. The van der Waals surface area contributed by atoms with Gasteiger partial charge in [0.2, 0.25) is 0 Å². The smallest absolute Gasteiger partial charge is 0.337 e. The van der Waals surface area contributed by atoms with E-state index in [1.54, 1.807) is 24.3 Å². The van der Waals surface area contributed by atoms with Gasteiger partial charge in [-0.25, -0.2) is 4.79 Å². The van der Waals surface area contributed by atoms with Gasteiger partial charge in [-0.1, -0.05) is 60.6 Å². The molecule has 0 unspecified atom stereocenters. The molecular weight excluding hydrogens is 398 g/mol. The first-order valence-electron chi connectivity index (χ1n) is 9.55. The molecule has 3 aromatic carbocycles. The Labute approximate surface area is 182 Å². The zero-order valence-electron chi connectivity index (χ0n) is 17.1. The number of benzene rings is 3. The van der Waals surface area contributed by atoms with Crippen molar-refractivity contribution in [1.29, 1.82) is 0 Å². The number of ether oxygens (including phenoxy) is 2. The number of para-hydroxylation sites is 1. The lowest BCUT2D eigenvalue weighted by molar-refractivity contribution is 0.0600. The van der Waals surface area contributed by atoms with Crippen LogP contribution in [0.5, 0.6) is 5.75 Å². The first kappa shape index (κ1) is 21.5. The van der Waals surface area contributed by atoms with Gasteiger partial charge in [0.25, 0.3) is 0 Å². The molecule has 3 aromatic rings. The Bertz CT molecular complexity index is 1050. The van der Waals surface area contributed by atoms with Gasteiger partial charge < -0.3 is 14.4 Å². The summed E-state index contributed by atoms with van der Waals surface area (Å²) in [5.41, 5.74) is 4.36. The van der Waals surface area contributed by atoms with E-state index in [1.165, 1.54) is 7.11 Å². The van der Waals surface area contributed by atoms with Crippen LogP contribution < -0.4 is 9.64 Å². The fraction of sp³-hybridized carbons (Fsp3) is 0.160. The monoisotopic (exact) mass is 421 g/mol. The van der Waals surface area contributed by atoms with Gasteiger partial charge in [0, 0.05) is 23.0 Å². The Hall–Kier alpha value is -3.24. The second-order valence-electron chi connectivity index (χ2n) is 6.84. The van der Waals surface area contributed by atoms with Gasteiger partial charge in [0.1, 0.15) is 12.4 Å². The number of rotatable bonds is 8. The van der Waals surface area contributed by atoms with Crippen LogP contribution in [0.2, 0.25) is 5.02 Å². The molecule has 154 valence electrons. The Morgan fingerprint density at radius 3 is 2.50 bits per heavy atom. The Kier molecular flexibility index (Phi) is 7.15. The predicted molar refractivity (Wildman–Crippen MR) is 121 cm³/mol. The molecule has 0 saturated heterocycles. The number of hydrogen-bond acceptors (Lipinski definition) is 4. The lowest BCUT2D eigenvalue weighted by atomic mass is 10.1. The number of carbonyl (C=O) groups is 1. The maximum absolute atomic E-state index is 11.8. The number of carbonyl (C=O) groups excluding carboxylic acids is 1. The van der Waals surface area contributed by atoms with E-state index < -0.39 is 5.97 Å². The zero-order valence-corrected chi connectivity index (χ0v) is 17.9. The van der Waals surface area contributed by atoms with Gasteiger partial charge in [-0.2, -0.15) is 0 Å². The molecule has 0 aliphatic heterocycles. The standard InChI is InChI=1S/C25H24ClNO3/c1-18-9-4-7-14-24(18)27(16-21-10-5-6-13-23(21)26)19(2)17-30-22-12-8-11-20(15-22)25(28)29-3/h4-15H,2,16-17H2,1,3H3. The van der Waals surface area contributed by atoms with Crippen molar-refractivity contribution in [3.05, 3.63) is 107 Å². The normalized spacial score (nSPS) is 10.4. The van der Waals surface area contributed by atoms with Crippen LogP contribution in [-0.4, -0.2) is 19.7 Å². The molecule has 0 N–H and O–H groups in total. The van der Waals surface area contributed by atoms with Gasteiger partial charge in [0.15, 0.2) is 0 Å². The van der Waals surface area contributed by atoms with E-state index in [1.807, 2.05) is 36.4 Å². The van der Waals surface area contributed by atoms with E-state index in [-0.39, 0.29) is 6.61 Å². The fourth-order valence-corrected chi connectivity index (χ4v) is 3.30. The summed E-state index contributed by atoms with van der Waals surface area (Å²) >= 11 is 6.40. The van der Waals surface area contributed by atoms with Crippen molar-refractivity contribution in [3.8, 4) is 5.75 Å². The highest BCUT2D eigenvalue weighted by atomic mass is 35.5. The van der Waals surface area contributed by atoms with Crippen molar-refractivity contribution < 1.29 is 14.3 Å². The van der Waals surface area contributed by atoms with Crippen LogP contribution in [-0.2, 0) is 11.3 Å². The lowest BCUT2D eigenvalue weighted by Crippen LogP contribution is -2.26. The third kappa shape index (κ3) is 5.22. The maximum Gasteiger partial charge on any atom is 0.337 e. The summed E-state index contributed by atoms with van der Waals surface area (Å²) in [7, 11) is 1.35. The summed E-state index contributed by atoms with van der Waals surface area (Å²) in [6.07, 6.45) is 0. The first-order valence-corrected chi connectivity index (χ1v) is 9.93. The number of anilines is 1. The topological polar surface area (TPSA) is 38.8 Å². The molecule has 0 fully saturated rings. The van der Waals surface area contributed by atoms with Crippen LogP contribution in [0.25, 0.3) is 0 Å². The molecule has 0 atom stereocenters. The van der Waals surface area contributed by atoms with E-state index in [4.69, 9.17) is 21.1 Å². The van der Waals surface area contributed by atoms with Crippen molar-refractivity contribution in [2.24, 2.45) is 0 Å². The summed E-state index contributed by atoms with van der Waals surface area (Å²) in [4.78, 5) is 13.9. The van der Waals surface area contributed by atoms with Crippen molar-refractivity contribution in [3.63, 3.8) is 0 Å². The highest BCUT2D eigenvalue weighted by Gasteiger charge is 2.16. The van der Waals surface area contributed by atoms with Crippen LogP contribution in [0.15, 0.2) is 85.1 Å². The SMILES string of the molecule is C=C(COc1cccc(C(=O)OC)c1)N(Cc1ccccc1Cl)c1ccccc1C. The average Bonchev–Trinajstić information content (AvgIpc) is 2.77. The van der Waals surface area contributed by atoms with E-state index in [0.29, 0.717) is 22.9 Å². The first-order chi connectivity index (χ1) is 14.5. The number of hydrogen-bond donors (Lipinski definition) is 0. The number of halogens is 1. The quantitative estimate of drug-likeness (QED) is 0.416. The minimum atomic E-state index is -0.403. The van der Waals surface area contributed by atoms with Crippen molar-refractivity contribution in [1.82, 2.24) is 0 Å². The van der Waals surface area contributed by atoms with E-state index in [0.717, 1.165) is 22.5 Å².